The smallest absolute Gasteiger partial charge is 0.409 e. The summed E-state index contributed by atoms with van der Waals surface area (Å²) in [4.78, 5) is 45.3. The molecule has 3 amide bonds. The molecule has 0 radical (unpaired) electrons. The molecule has 3 aliphatic rings. The number of rotatable bonds is 4. The quantitative estimate of drug-likeness (QED) is 0.651. The Balaban J connectivity index is 1.56. The molecule has 3 aliphatic heterocycles. The maximum absolute atomic E-state index is 14.2. The highest BCUT2D eigenvalue weighted by atomic mass is 16.6. The van der Waals surface area contributed by atoms with E-state index in [1.165, 1.54) is 7.11 Å². The maximum atomic E-state index is 14.2. The van der Waals surface area contributed by atoms with Gasteiger partial charge in [-0.05, 0) is 42.2 Å². The van der Waals surface area contributed by atoms with Crippen molar-refractivity contribution < 1.29 is 28.6 Å². The van der Waals surface area contributed by atoms with Crippen molar-refractivity contribution in [2.75, 3.05) is 53.6 Å². The molecule has 0 aromatic heterocycles. The predicted molar refractivity (Wildman–Crippen MR) is 131 cm³/mol. The first-order chi connectivity index (χ1) is 17.5. The number of carbonyl (C=O) groups is 3. The number of hydrogen-bond acceptors (Lipinski definition) is 6. The van der Waals surface area contributed by atoms with Gasteiger partial charge in [-0.1, -0.05) is 24.3 Å². The van der Waals surface area contributed by atoms with Gasteiger partial charge in [-0.3, -0.25) is 9.59 Å². The van der Waals surface area contributed by atoms with Gasteiger partial charge in [0.05, 0.1) is 32.8 Å². The molecule has 0 saturated carbocycles. The number of benzene rings is 2. The van der Waals surface area contributed by atoms with Crippen molar-refractivity contribution >= 4 is 17.9 Å². The van der Waals surface area contributed by atoms with E-state index in [1.54, 1.807) is 36.0 Å². The Hall–Kier alpha value is -3.75. The Morgan fingerprint density at radius 2 is 1.58 bits per heavy atom. The summed E-state index contributed by atoms with van der Waals surface area (Å²) in [7, 11) is 3.08. The third-order valence-corrected chi connectivity index (χ3v) is 7.41. The maximum Gasteiger partial charge on any atom is 0.409 e. The Morgan fingerprint density at radius 1 is 0.917 bits per heavy atom. The zero-order valence-corrected chi connectivity index (χ0v) is 20.9. The van der Waals surface area contributed by atoms with E-state index < -0.39 is 12.0 Å². The molecule has 2 aromatic carbocycles. The van der Waals surface area contributed by atoms with Gasteiger partial charge in [-0.25, -0.2) is 4.79 Å². The van der Waals surface area contributed by atoms with Gasteiger partial charge >= 0.3 is 6.09 Å². The molecule has 1 fully saturated rings. The second-order valence-corrected chi connectivity index (χ2v) is 9.18. The van der Waals surface area contributed by atoms with Gasteiger partial charge in [0.2, 0.25) is 5.91 Å². The summed E-state index contributed by atoms with van der Waals surface area (Å²) in [6.07, 6.45) is 0.377. The molecule has 0 aliphatic carbocycles. The average molecular weight is 494 g/mol. The van der Waals surface area contributed by atoms with Gasteiger partial charge in [-0.2, -0.15) is 0 Å². The molecule has 3 heterocycles. The molecule has 0 unspecified atom stereocenters. The zero-order chi connectivity index (χ0) is 25.4. The summed E-state index contributed by atoms with van der Waals surface area (Å²) in [5.74, 6) is 0.155. The summed E-state index contributed by atoms with van der Waals surface area (Å²) < 4.78 is 16.1. The van der Waals surface area contributed by atoms with E-state index in [1.807, 2.05) is 23.1 Å². The first kappa shape index (κ1) is 24.0. The molecule has 2 aromatic rings. The van der Waals surface area contributed by atoms with Crippen molar-refractivity contribution in [2.24, 2.45) is 0 Å². The lowest BCUT2D eigenvalue weighted by Crippen LogP contribution is -2.55. The van der Waals surface area contributed by atoms with Crippen LogP contribution in [0.3, 0.4) is 0 Å². The molecule has 2 atom stereocenters. The largest absolute Gasteiger partial charge is 0.493 e. The minimum Gasteiger partial charge on any atom is -0.493 e. The van der Waals surface area contributed by atoms with E-state index in [-0.39, 0.29) is 17.9 Å². The monoisotopic (exact) mass is 493 g/mol. The van der Waals surface area contributed by atoms with E-state index in [9.17, 15) is 14.4 Å². The summed E-state index contributed by atoms with van der Waals surface area (Å²) >= 11 is 0. The van der Waals surface area contributed by atoms with Crippen molar-refractivity contribution in [2.45, 2.75) is 25.3 Å². The molecule has 0 N–H and O–H groups in total. The van der Waals surface area contributed by atoms with Crippen LogP contribution in [0, 0.1) is 0 Å². The highest BCUT2D eigenvalue weighted by molar-refractivity contribution is 6.02. The number of carbonyl (C=O) groups excluding carboxylic acids is 3. The van der Waals surface area contributed by atoms with Crippen LogP contribution in [0.2, 0.25) is 0 Å². The van der Waals surface area contributed by atoms with Crippen LogP contribution in [0.15, 0.2) is 36.4 Å². The Labute approximate surface area is 210 Å². The van der Waals surface area contributed by atoms with Crippen LogP contribution in [0.25, 0.3) is 0 Å². The van der Waals surface area contributed by atoms with Gasteiger partial charge < -0.3 is 28.9 Å². The SMILES string of the molecule is CCOC(=O)N1CCN(C(=O)[C@@H]2c3cc(OC)c(OC)cc3C(=O)N3CCc4ccccc4[C@@H]23)CC1. The Kier molecular flexibility index (Phi) is 6.47. The van der Waals surface area contributed by atoms with Crippen LogP contribution >= 0.6 is 0 Å². The average Bonchev–Trinajstić information content (AvgIpc) is 2.92. The number of piperazine rings is 1. The second kappa shape index (κ2) is 9.72. The number of fused-ring (bicyclic) bond motifs is 4. The number of amides is 3. The number of methoxy groups -OCH3 is 2. The second-order valence-electron chi connectivity index (χ2n) is 9.18. The van der Waals surface area contributed by atoms with Gasteiger partial charge in [0.1, 0.15) is 0 Å². The van der Waals surface area contributed by atoms with E-state index in [4.69, 9.17) is 14.2 Å². The first-order valence-electron chi connectivity index (χ1n) is 12.3. The minimum absolute atomic E-state index is 0.0637. The predicted octanol–water partition coefficient (Wildman–Crippen LogP) is 2.84. The van der Waals surface area contributed by atoms with E-state index >= 15 is 0 Å². The summed E-state index contributed by atoms with van der Waals surface area (Å²) in [5.41, 5.74) is 3.27. The molecule has 9 nitrogen and oxygen atoms in total. The van der Waals surface area contributed by atoms with Gasteiger partial charge in [0.25, 0.3) is 5.91 Å². The van der Waals surface area contributed by atoms with Crippen molar-refractivity contribution in [3.05, 3.63) is 58.7 Å². The molecule has 0 bridgehead atoms. The molecular formula is C27H31N3O6. The van der Waals surface area contributed by atoms with E-state index in [0.717, 1.165) is 17.5 Å². The lowest BCUT2D eigenvalue weighted by Gasteiger charge is -2.47. The highest BCUT2D eigenvalue weighted by Crippen LogP contribution is 2.49. The van der Waals surface area contributed by atoms with Crippen molar-refractivity contribution in [3.8, 4) is 11.5 Å². The standard InChI is InChI=1S/C27H31N3O6/c1-4-36-27(33)29-13-11-28(12-14-29)26(32)23-19-15-21(34-2)22(35-3)16-20(19)25(31)30-10-9-17-7-5-6-8-18(17)24(23)30/h5-8,15-16,23-24H,4,9-14H2,1-3H3/t23-,24+/m1/s1. The van der Waals surface area contributed by atoms with E-state index in [2.05, 4.69) is 6.07 Å². The van der Waals surface area contributed by atoms with Crippen LogP contribution in [-0.2, 0) is 16.0 Å². The summed E-state index contributed by atoms with van der Waals surface area (Å²) in [5, 5.41) is 0. The summed E-state index contributed by atoms with van der Waals surface area (Å²) in [6, 6.07) is 11.1. The molecular weight excluding hydrogens is 462 g/mol. The molecule has 1 saturated heterocycles. The van der Waals surface area contributed by atoms with Crippen LogP contribution < -0.4 is 9.47 Å². The fraction of sp³-hybridized carbons (Fsp3) is 0.444. The molecule has 5 rings (SSSR count). The number of hydrogen-bond donors (Lipinski definition) is 0. The lowest BCUT2D eigenvalue weighted by atomic mass is 9.75. The van der Waals surface area contributed by atoms with Gasteiger partial charge in [0, 0.05) is 38.3 Å². The van der Waals surface area contributed by atoms with Crippen molar-refractivity contribution in [3.63, 3.8) is 0 Å². The van der Waals surface area contributed by atoms with E-state index in [0.29, 0.717) is 62.0 Å². The minimum atomic E-state index is -0.604. The summed E-state index contributed by atoms with van der Waals surface area (Å²) in [6.45, 7) is 4.23. The Bertz CT molecular complexity index is 1190. The van der Waals surface area contributed by atoms with Gasteiger partial charge in [-0.15, -0.1) is 0 Å². The van der Waals surface area contributed by atoms with Gasteiger partial charge in [0.15, 0.2) is 11.5 Å². The van der Waals surface area contributed by atoms with Crippen LogP contribution in [0.5, 0.6) is 11.5 Å². The number of nitrogens with zero attached hydrogens (tertiary/aromatic N) is 3. The lowest BCUT2D eigenvalue weighted by molar-refractivity contribution is -0.136. The van der Waals surface area contributed by atoms with Crippen LogP contribution in [-0.4, -0.2) is 86.2 Å². The fourth-order valence-electron chi connectivity index (χ4n) is 5.64. The third-order valence-electron chi connectivity index (χ3n) is 7.41. The first-order valence-corrected chi connectivity index (χ1v) is 12.3. The third kappa shape index (κ3) is 3.92. The fourth-order valence-corrected chi connectivity index (χ4v) is 5.64. The van der Waals surface area contributed by atoms with Crippen molar-refractivity contribution in [1.82, 2.24) is 14.7 Å². The molecule has 36 heavy (non-hydrogen) atoms. The zero-order valence-electron chi connectivity index (χ0n) is 20.9. The molecule has 9 heteroatoms. The van der Waals surface area contributed by atoms with Crippen LogP contribution in [0.4, 0.5) is 4.79 Å². The topological polar surface area (TPSA) is 88.6 Å². The molecule has 190 valence electrons. The van der Waals surface area contributed by atoms with Crippen LogP contribution in [0.1, 0.15) is 45.9 Å². The normalized spacial score (nSPS) is 20.8. The highest BCUT2D eigenvalue weighted by Gasteiger charge is 2.48. The molecule has 0 spiro atoms. The number of ether oxygens (including phenoxy) is 3. The Morgan fingerprint density at radius 3 is 2.28 bits per heavy atom. The van der Waals surface area contributed by atoms with Crippen molar-refractivity contribution in [1.29, 1.82) is 0 Å².